The van der Waals surface area contributed by atoms with E-state index < -0.39 is 0 Å². The fourth-order valence-corrected chi connectivity index (χ4v) is 2.29. The number of nitrogens with two attached hydrogens (primary N) is 1. The number of benzene rings is 2. The van der Waals surface area contributed by atoms with Crippen molar-refractivity contribution in [3.05, 3.63) is 65.3 Å². The van der Waals surface area contributed by atoms with Crippen molar-refractivity contribution < 1.29 is 4.74 Å². The molecule has 0 unspecified atom stereocenters. The van der Waals surface area contributed by atoms with Crippen molar-refractivity contribution in [3.63, 3.8) is 0 Å². The van der Waals surface area contributed by atoms with Crippen molar-refractivity contribution in [2.24, 2.45) is 5.73 Å². The summed E-state index contributed by atoms with van der Waals surface area (Å²) in [7, 11) is 0. The molecule has 2 aromatic carbocycles. The zero-order valence-corrected chi connectivity index (χ0v) is 11.5. The molecule has 1 aromatic heterocycles. The second kappa shape index (κ2) is 5.49. The summed E-state index contributed by atoms with van der Waals surface area (Å²) < 4.78 is 5.89. The van der Waals surface area contributed by atoms with Crippen molar-refractivity contribution in [2.45, 2.75) is 6.54 Å². The number of ether oxygens (including phenoxy) is 1. The first-order valence-electron chi connectivity index (χ1n) is 6.28. The fraction of sp³-hybridized carbons (Fsp3) is 0.0625. The van der Waals surface area contributed by atoms with Crippen molar-refractivity contribution in [3.8, 4) is 11.5 Å². The first-order chi connectivity index (χ1) is 9.78. The maximum atomic E-state index is 6.18. The summed E-state index contributed by atoms with van der Waals surface area (Å²) in [5.74, 6) is 1.30. The summed E-state index contributed by atoms with van der Waals surface area (Å²) >= 11 is 6.18. The Morgan fingerprint density at radius 3 is 2.85 bits per heavy atom. The van der Waals surface area contributed by atoms with E-state index in [1.54, 1.807) is 12.3 Å². The van der Waals surface area contributed by atoms with Crippen LogP contribution in [0.15, 0.2) is 54.7 Å². The van der Waals surface area contributed by atoms with Gasteiger partial charge < -0.3 is 10.5 Å². The highest BCUT2D eigenvalue weighted by Gasteiger charge is 2.09. The monoisotopic (exact) mass is 284 g/mol. The molecule has 3 nitrogen and oxygen atoms in total. The summed E-state index contributed by atoms with van der Waals surface area (Å²) in [5, 5.41) is 1.62. The SMILES string of the molecule is NCc1cccc(Cl)c1Oc1ccc2cccnc2c1. The summed E-state index contributed by atoms with van der Waals surface area (Å²) in [6.45, 7) is 0.377. The Kier molecular flexibility index (Phi) is 3.54. The summed E-state index contributed by atoms with van der Waals surface area (Å²) in [4.78, 5) is 4.31. The molecule has 2 N–H and O–H groups in total. The lowest BCUT2D eigenvalue weighted by atomic mass is 10.2. The molecule has 0 fully saturated rings. The van der Waals surface area contributed by atoms with Gasteiger partial charge in [0.2, 0.25) is 0 Å². The number of hydrogen-bond donors (Lipinski definition) is 1. The molecule has 3 rings (SSSR count). The Bertz CT molecular complexity index is 758. The smallest absolute Gasteiger partial charge is 0.150 e. The number of nitrogens with zero attached hydrogens (tertiary/aromatic N) is 1. The maximum absolute atomic E-state index is 6.18. The quantitative estimate of drug-likeness (QED) is 0.786. The molecule has 0 saturated carbocycles. The van der Waals surface area contributed by atoms with E-state index in [9.17, 15) is 0 Å². The molecule has 0 saturated heterocycles. The Morgan fingerprint density at radius 1 is 1.10 bits per heavy atom. The minimum Gasteiger partial charge on any atom is -0.455 e. The molecule has 0 aliphatic rings. The molecule has 0 bridgehead atoms. The number of para-hydroxylation sites is 1. The third-order valence-corrected chi connectivity index (χ3v) is 3.36. The lowest BCUT2D eigenvalue weighted by Crippen LogP contribution is -1.99. The van der Waals surface area contributed by atoms with Crippen LogP contribution in [0.3, 0.4) is 0 Å². The van der Waals surface area contributed by atoms with E-state index in [4.69, 9.17) is 22.1 Å². The number of fused-ring (bicyclic) bond motifs is 1. The molecule has 0 amide bonds. The molecule has 3 aromatic rings. The van der Waals surface area contributed by atoms with E-state index in [2.05, 4.69) is 4.98 Å². The van der Waals surface area contributed by atoms with Gasteiger partial charge in [-0.05, 0) is 24.3 Å². The molecular formula is C16H13ClN2O. The van der Waals surface area contributed by atoms with Gasteiger partial charge >= 0.3 is 0 Å². The Hall–Kier alpha value is -2.10. The van der Waals surface area contributed by atoms with Crippen LogP contribution in [-0.2, 0) is 6.54 Å². The van der Waals surface area contributed by atoms with E-state index in [1.807, 2.05) is 42.5 Å². The minimum absolute atomic E-state index is 0.377. The van der Waals surface area contributed by atoms with Crippen LogP contribution in [0.5, 0.6) is 11.5 Å². The molecule has 0 aliphatic heterocycles. The highest BCUT2D eigenvalue weighted by molar-refractivity contribution is 6.32. The van der Waals surface area contributed by atoms with Gasteiger partial charge in [0.05, 0.1) is 10.5 Å². The topological polar surface area (TPSA) is 48.1 Å². The molecule has 0 radical (unpaired) electrons. The molecular weight excluding hydrogens is 272 g/mol. The Balaban J connectivity index is 2.01. The fourth-order valence-electron chi connectivity index (χ4n) is 2.06. The maximum Gasteiger partial charge on any atom is 0.150 e. The number of aromatic nitrogens is 1. The second-order valence-electron chi connectivity index (χ2n) is 4.39. The van der Waals surface area contributed by atoms with Gasteiger partial charge in [-0.2, -0.15) is 0 Å². The average Bonchev–Trinajstić information content (AvgIpc) is 2.49. The third-order valence-electron chi connectivity index (χ3n) is 3.07. The number of pyridine rings is 1. The summed E-state index contributed by atoms with van der Waals surface area (Å²) in [5.41, 5.74) is 7.47. The third kappa shape index (κ3) is 2.46. The highest BCUT2D eigenvalue weighted by atomic mass is 35.5. The predicted octanol–water partition coefficient (Wildman–Crippen LogP) is 4.14. The van der Waals surface area contributed by atoms with Gasteiger partial charge in [0.15, 0.2) is 0 Å². The van der Waals surface area contributed by atoms with Crippen LogP contribution in [0.25, 0.3) is 10.9 Å². The first kappa shape index (κ1) is 12.9. The molecule has 20 heavy (non-hydrogen) atoms. The number of halogens is 1. The van der Waals surface area contributed by atoms with Crippen molar-refractivity contribution >= 4 is 22.5 Å². The average molecular weight is 285 g/mol. The largest absolute Gasteiger partial charge is 0.455 e. The molecule has 1 heterocycles. The van der Waals surface area contributed by atoms with E-state index in [0.29, 0.717) is 23.1 Å². The van der Waals surface area contributed by atoms with Gasteiger partial charge in [-0.15, -0.1) is 0 Å². The van der Waals surface area contributed by atoms with Crippen molar-refractivity contribution in [1.82, 2.24) is 4.98 Å². The molecule has 0 aliphatic carbocycles. The van der Waals surface area contributed by atoms with E-state index in [1.165, 1.54) is 0 Å². The first-order valence-corrected chi connectivity index (χ1v) is 6.66. The molecule has 0 spiro atoms. The highest BCUT2D eigenvalue weighted by Crippen LogP contribution is 2.33. The van der Waals surface area contributed by atoms with Crippen LogP contribution in [0.2, 0.25) is 5.02 Å². The van der Waals surface area contributed by atoms with Gasteiger partial charge in [-0.25, -0.2) is 0 Å². The van der Waals surface area contributed by atoms with E-state index >= 15 is 0 Å². The van der Waals surface area contributed by atoms with Crippen LogP contribution in [0, 0.1) is 0 Å². The van der Waals surface area contributed by atoms with E-state index in [-0.39, 0.29) is 0 Å². The minimum atomic E-state index is 0.377. The number of hydrogen-bond acceptors (Lipinski definition) is 3. The van der Waals surface area contributed by atoms with Crippen LogP contribution >= 0.6 is 11.6 Å². The molecule has 4 heteroatoms. The Morgan fingerprint density at radius 2 is 2.00 bits per heavy atom. The summed E-state index contributed by atoms with van der Waals surface area (Å²) in [6, 6.07) is 15.2. The number of rotatable bonds is 3. The molecule has 0 atom stereocenters. The predicted molar refractivity (Wildman–Crippen MR) is 81.2 cm³/mol. The van der Waals surface area contributed by atoms with Gasteiger partial charge in [-0.1, -0.05) is 29.8 Å². The van der Waals surface area contributed by atoms with Crippen molar-refractivity contribution in [2.75, 3.05) is 0 Å². The van der Waals surface area contributed by atoms with Gasteiger partial charge in [-0.3, -0.25) is 4.98 Å². The van der Waals surface area contributed by atoms with Crippen molar-refractivity contribution in [1.29, 1.82) is 0 Å². The zero-order chi connectivity index (χ0) is 13.9. The van der Waals surface area contributed by atoms with Gasteiger partial charge in [0.1, 0.15) is 11.5 Å². The Labute approximate surface area is 122 Å². The summed E-state index contributed by atoms with van der Waals surface area (Å²) in [6.07, 6.45) is 1.76. The zero-order valence-electron chi connectivity index (χ0n) is 10.7. The van der Waals surface area contributed by atoms with E-state index in [0.717, 1.165) is 16.5 Å². The van der Waals surface area contributed by atoms with Crippen LogP contribution < -0.4 is 10.5 Å². The van der Waals surface area contributed by atoms with Crippen LogP contribution in [0.1, 0.15) is 5.56 Å². The lowest BCUT2D eigenvalue weighted by Gasteiger charge is -2.12. The second-order valence-corrected chi connectivity index (χ2v) is 4.80. The van der Waals surface area contributed by atoms with Crippen LogP contribution in [-0.4, -0.2) is 4.98 Å². The molecule has 100 valence electrons. The van der Waals surface area contributed by atoms with Gasteiger partial charge in [0.25, 0.3) is 0 Å². The van der Waals surface area contributed by atoms with Gasteiger partial charge in [0, 0.05) is 29.8 Å². The van der Waals surface area contributed by atoms with Crippen LogP contribution in [0.4, 0.5) is 0 Å². The normalized spacial score (nSPS) is 10.7. The lowest BCUT2D eigenvalue weighted by molar-refractivity contribution is 0.477. The standard InChI is InChI=1S/C16H13ClN2O/c17-14-5-1-3-12(10-18)16(14)20-13-7-6-11-4-2-8-19-15(11)9-13/h1-9H,10,18H2.